The van der Waals surface area contributed by atoms with Gasteiger partial charge in [0.15, 0.2) is 0 Å². The quantitative estimate of drug-likeness (QED) is 0.704. The average molecular weight is 297 g/mol. The van der Waals surface area contributed by atoms with Crippen LogP contribution in [-0.4, -0.2) is 23.7 Å². The Morgan fingerprint density at radius 2 is 2.05 bits per heavy atom. The highest BCUT2D eigenvalue weighted by molar-refractivity contribution is 6.31. The summed E-state index contributed by atoms with van der Waals surface area (Å²) in [4.78, 5) is 22.5. The number of carbonyl (C=O) groups excluding carboxylic acids is 1. The third-order valence-corrected chi connectivity index (χ3v) is 3.39. The molecule has 3 N–H and O–H groups in total. The topological polar surface area (TPSA) is 78.4 Å². The third-order valence-electron chi connectivity index (χ3n) is 3.17. The van der Waals surface area contributed by atoms with Gasteiger partial charge in [0, 0.05) is 17.3 Å². The van der Waals surface area contributed by atoms with Crippen LogP contribution in [0.15, 0.2) is 18.2 Å². The monoisotopic (exact) mass is 296 g/mol. The van der Waals surface area contributed by atoms with Gasteiger partial charge in [-0.3, -0.25) is 0 Å². The average Bonchev–Trinajstić information content (AvgIpc) is 3.18. The second-order valence-electron chi connectivity index (χ2n) is 5.00. The minimum atomic E-state index is -1.08. The maximum absolute atomic E-state index is 11.7. The molecule has 1 aromatic rings. The van der Waals surface area contributed by atoms with Gasteiger partial charge >= 0.3 is 12.0 Å². The van der Waals surface area contributed by atoms with E-state index in [1.165, 1.54) is 31.0 Å². The number of halogens is 1. The summed E-state index contributed by atoms with van der Waals surface area (Å²) in [6, 6.07) is 3.87. The van der Waals surface area contributed by atoms with Crippen LogP contribution in [0.2, 0.25) is 5.02 Å². The lowest BCUT2D eigenvalue weighted by Crippen LogP contribution is -2.29. The lowest BCUT2D eigenvalue weighted by atomic mass is 10.2. The standard InChI is InChI=1S/C14H17ClN2O3/c15-11-6-10(13(18)19)7-12(8-11)17-14(20)16-5-1-2-9-3-4-9/h6-9H,1-5H2,(H,18,19)(H2,16,17,20). The van der Waals surface area contributed by atoms with Gasteiger partial charge in [0.25, 0.3) is 0 Å². The zero-order valence-corrected chi connectivity index (χ0v) is 11.7. The van der Waals surface area contributed by atoms with Gasteiger partial charge in [0.1, 0.15) is 0 Å². The van der Waals surface area contributed by atoms with Crippen LogP contribution in [0.1, 0.15) is 36.0 Å². The molecule has 1 saturated carbocycles. The summed E-state index contributed by atoms with van der Waals surface area (Å²) in [6.45, 7) is 0.620. The summed E-state index contributed by atoms with van der Waals surface area (Å²) >= 11 is 5.81. The van der Waals surface area contributed by atoms with E-state index in [0.29, 0.717) is 12.2 Å². The molecule has 0 unspecified atom stereocenters. The van der Waals surface area contributed by atoms with E-state index in [0.717, 1.165) is 18.8 Å². The van der Waals surface area contributed by atoms with Crippen molar-refractivity contribution < 1.29 is 14.7 Å². The molecule has 1 aromatic carbocycles. The Kier molecular flexibility index (Phi) is 4.84. The van der Waals surface area contributed by atoms with Gasteiger partial charge in [0.2, 0.25) is 0 Å². The first kappa shape index (κ1) is 14.7. The fraction of sp³-hybridized carbons (Fsp3) is 0.429. The predicted molar refractivity (Wildman–Crippen MR) is 77.4 cm³/mol. The number of nitrogens with one attached hydrogen (secondary N) is 2. The molecule has 0 heterocycles. The van der Waals surface area contributed by atoms with Crippen molar-refractivity contribution >= 4 is 29.3 Å². The lowest BCUT2D eigenvalue weighted by Gasteiger charge is -2.08. The molecule has 108 valence electrons. The van der Waals surface area contributed by atoms with Crippen LogP contribution < -0.4 is 10.6 Å². The largest absolute Gasteiger partial charge is 0.478 e. The van der Waals surface area contributed by atoms with Gasteiger partial charge in [-0.1, -0.05) is 24.4 Å². The van der Waals surface area contributed by atoms with E-state index in [9.17, 15) is 9.59 Å². The Balaban J connectivity index is 1.81. The van der Waals surface area contributed by atoms with E-state index in [-0.39, 0.29) is 16.6 Å². The molecule has 0 bridgehead atoms. The minimum absolute atomic E-state index is 0.0431. The van der Waals surface area contributed by atoms with Gasteiger partial charge in [-0.15, -0.1) is 0 Å². The molecule has 1 fully saturated rings. The smallest absolute Gasteiger partial charge is 0.335 e. The van der Waals surface area contributed by atoms with Crippen LogP contribution in [0.4, 0.5) is 10.5 Å². The van der Waals surface area contributed by atoms with E-state index in [4.69, 9.17) is 16.7 Å². The van der Waals surface area contributed by atoms with Crippen molar-refractivity contribution in [3.63, 3.8) is 0 Å². The van der Waals surface area contributed by atoms with E-state index in [2.05, 4.69) is 10.6 Å². The summed E-state index contributed by atoms with van der Waals surface area (Å²) in [7, 11) is 0. The Morgan fingerprint density at radius 3 is 2.70 bits per heavy atom. The number of carboxylic acid groups (broad SMARTS) is 1. The second-order valence-corrected chi connectivity index (χ2v) is 5.44. The van der Waals surface area contributed by atoms with E-state index >= 15 is 0 Å². The molecular formula is C14H17ClN2O3. The molecule has 0 radical (unpaired) electrons. The first-order valence-electron chi connectivity index (χ1n) is 6.63. The van der Waals surface area contributed by atoms with Gasteiger partial charge in [0.05, 0.1) is 5.56 Å². The number of hydrogen-bond donors (Lipinski definition) is 3. The summed E-state index contributed by atoms with van der Waals surface area (Å²) in [5.74, 6) is -0.230. The summed E-state index contributed by atoms with van der Waals surface area (Å²) in [5, 5.41) is 14.5. The first-order chi connectivity index (χ1) is 9.54. The van der Waals surface area contributed by atoms with Crippen molar-refractivity contribution in [3.8, 4) is 0 Å². The Labute approximate surface area is 122 Å². The van der Waals surface area contributed by atoms with Gasteiger partial charge in [-0.05, 0) is 37.0 Å². The molecule has 20 heavy (non-hydrogen) atoms. The predicted octanol–water partition coefficient (Wildman–Crippen LogP) is 3.35. The van der Waals surface area contributed by atoms with Crippen molar-refractivity contribution in [3.05, 3.63) is 28.8 Å². The number of anilines is 1. The van der Waals surface area contributed by atoms with Crippen molar-refractivity contribution in [2.24, 2.45) is 5.92 Å². The number of aromatic carboxylic acids is 1. The third kappa shape index (κ3) is 4.74. The normalized spacial score (nSPS) is 13.8. The lowest BCUT2D eigenvalue weighted by molar-refractivity contribution is 0.0697. The van der Waals surface area contributed by atoms with Crippen LogP contribution in [0.25, 0.3) is 0 Å². The molecule has 5 nitrogen and oxygen atoms in total. The molecule has 2 rings (SSSR count). The number of urea groups is 1. The molecule has 6 heteroatoms. The number of benzene rings is 1. The molecule has 2 amide bonds. The van der Waals surface area contributed by atoms with Crippen LogP contribution in [-0.2, 0) is 0 Å². The fourth-order valence-corrected chi connectivity index (χ4v) is 2.19. The maximum Gasteiger partial charge on any atom is 0.335 e. The molecule has 0 saturated heterocycles. The molecule has 0 aromatic heterocycles. The van der Waals surface area contributed by atoms with E-state index in [1.807, 2.05) is 0 Å². The SMILES string of the molecule is O=C(NCCCC1CC1)Nc1cc(Cl)cc(C(=O)O)c1. The van der Waals surface area contributed by atoms with Gasteiger partial charge < -0.3 is 15.7 Å². The Bertz CT molecular complexity index is 515. The number of rotatable bonds is 6. The maximum atomic E-state index is 11.7. The van der Waals surface area contributed by atoms with Crippen LogP contribution in [0.3, 0.4) is 0 Å². The van der Waals surface area contributed by atoms with Crippen molar-refractivity contribution in [2.45, 2.75) is 25.7 Å². The molecular weight excluding hydrogens is 280 g/mol. The highest BCUT2D eigenvalue weighted by Gasteiger charge is 2.20. The number of hydrogen-bond acceptors (Lipinski definition) is 2. The summed E-state index contributed by atoms with van der Waals surface area (Å²) < 4.78 is 0. The fourth-order valence-electron chi connectivity index (χ4n) is 1.96. The van der Waals surface area contributed by atoms with E-state index < -0.39 is 5.97 Å². The van der Waals surface area contributed by atoms with Crippen LogP contribution in [0.5, 0.6) is 0 Å². The van der Waals surface area contributed by atoms with Crippen molar-refractivity contribution in [2.75, 3.05) is 11.9 Å². The second kappa shape index (κ2) is 6.61. The zero-order valence-electron chi connectivity index (χ0n) is 11.0. The Hall–Kier alpha value is -1.75. The molecule has 1 aliphatic rings. The molecule has 0 spiro atoms. The molecule has 0 aliphatic heterocycles. The summed E-state index contributed by atoms with van der Waals surface area (Å²) in [6.07, 6.45) is 4.74. The summed E-state index contributed by atoms with van der Waals surface area (Å²) in [5.41, 5.74) is 0.413. The van der Waals surface area contributed by atoms with Crippen molar-refractivity contribution in [1.82, 2.24) is 5.32 Å². The highest BCUT2D eigenvalue weighted by Crippen LogP contribution is 2.33. The van der Waals surface area contributed by atoms with Crippen molar-refractivity contribution in [1.29, 1.82) is 0 Å². The first-order valence-corrected chi connectivity index (χ1v) is 7.01. The van der Waals surface area contributed by atoms with Crippen LogP contribution in [0, 0.1) is 5.92 Å². The molecule has 1 aliphatic carbocycles. The van der Waals surface area contributed by atoms with E-state index in [1.54, 1.807) is 0 Å². The highest BCUT2D eigenvalue weighted by atomic mass is 35.5. The molecule has 0 atom stereocenters. The van der Waals surface area contributed by atoms with Crippen LogP contribution >= 0.6 is 11.6 Å². The minimum Gasteiger partial charge on any atom is -0.478 e. The number of amides is 2. The number of carboxylic acids is 1. The number of carbonyl (C=O) groups is 2. The zero-order chi connectivity index (χ0) is 14.5. The van der Waals surface area contributed by atoms with Gasteiger partial charge in [-0.2, -0.15) is 0 Å². The van der Waals surface area contributed by atoms with Gasteiger partial charge in [-0.25, -0.2) is 9.59 Å². The Morgan fingerprint density at radius 1 is 1.30 bits per heavy atom.